The molecule has 9 nitrogen and oxygen atoms in total. The van der Waals surface area contributed by atoms with E-state index in [9.17, 15) is 24.2 Å². The van der Waals surface area contributed by atoms with Gasteiger partial charge in [-0.1, -0.05) is 165 Å². The fourth-order valence-electron chi connectivity index (χ4n) is 5.61. The number of phosphoric ester groups is 1. The van der Waals surface area contributed by atoms with Gasteiger partial charge in [0.15, 0.2) is 0 Å². The number of carbonyl (C=O) groups excluding carboxylic acids is 2. The highest BCUT2D eigenvalue weighted by Crippen LogP contribution is 2.42. The van der Waals surface area contributed by atoms with E-state index in [1.165, 1.54) is 89.9 Å². The highest BCUT2D eigenvalue weighted by atomic mass is 31.2. The SMILES string of the molecule is CC/C=C\C/C=C\C/C=C\C/C=C\CCCCC(=O)OCC(O)COP(=O)(O)OCCNC(=O)CCCCCCCCCCCCCCCCCCC. The summed E-state index contributed by atoms with van der Waals surface area (Å²) in [5.41, 5.74) is 0. The van der Waals surface area contributed by atoms with Crippen LogP contribution in [0.5, 0.6) is 0 Å². The van der Waals surface area contributed by atoms with Crippen molar-refractivity contribution in [2.75, 3.05) is 26.4 Å². The van der Waals surface area contributed by atoms with E-state index in [2.05, 4.69) is 67.8 Å². The van der Waals surface area contributed by atoms with E-state index >= 15 is 0 Å². The molecule has 3 N–H and O–H groups in total. The Hall–Kier alpha value is -2.03. The molecule has 1 amide bonds. The van der Waals surface area contributed by atoms with Gasteiger partial charge < -0.3 is 20.1 Å². The lowest BCUT2D eigenvalue weighted by molar-refractivity contribution is -0.147. The molecule has 10 heteroatoms. The van der Waals surface area contributed by atoms with Gasteiger partial charge >= 0.3 is 13.8 Å². The quantitative estimate of drug-likeness (QED) is 0.0244. The van der Waals surface area contributed by atoms with Crippen molar-refractivity contribution in [3.63, 3.8) is 0 Å². The number of esters is 1. The summed E-state index contributed by atoms with van der Waals surface area (Å²) in [6, 6.07) is 0. The van der Waals surface area contributed by atoms with Crippen LogP contribution in [0.1, 0.15) is 181 Å². The predicted octanol–water partition coefficient (Wildman–Crippen LogP) is 11.5. The summed E-state index contributed by atoms with van der Waals surface area (Å²) in [5.74, 6) is -0.557. The van der Waals surface area contributed by atoms with Gasteiger partial charge in [0, 0.05) is 19.4 Å². The number of unbranched alkanes of at least 4 members (excludes halogenated alkanes) is 18. The summed E-state index contributed by atoms with van der Waals surface area (Å²) in [6.45, 7) is 3.40. The number of carbonyl (C=O) groups is 2. The molecule has 308 valence electrons. The lowest BCUT2D eigenvalue weighted by Crippen LogP contribution is -2.27. The minimum absolute atomic E-state index is 0.0775. The molecule has 0 fully saturated rings. The summed E-state index contributed by atoms with van der Waals surface area (Å²) in [4.78, 5) is 33.8. The Morgan fingerprint density at radius 3 is 1.60 bits per heavy atom. The second kappa shape index (κ2) is 39.7. The van der Waals surface area contributed by atoms with Crippen molar-refractivity contribution >= 4 is 19.7 Å². The number of phosphoric acid groups is 1. The number of amides is 1. The Labute approximate surface area is 324 Å². The monoisotopic (exact) mass is 768 g/mol. The molecule has 53 heavy (non-hydrogen) atoms. The van der Waals surface area contributed by atoms with Crippen LogP contribution in [0.4, 0.5) is 0 Å². The van der Waals surface area contributed by atoms with Crippen molar-refractivity contribution in [3.8, 4) is 0 Å². The Morgan fingerprint density at radius 2 is 1.08 bits per heavy atom. The fraction of sp³-hybridized carbons (Fsp3) is 0.767. The Balaban J connectivity index is 3.64. The average Bonchev–Trinajstić information content (AvgIpc) is 3.14. The van der Waals surface area contributed by atoms with E-state index in [4.69, 9.17) is 13.8 Å². The number of aliphatic hydroxyl groups excluding tert-OH is 1. The van der Waals surface area contributed by atoms with E-state index in [1.807, 2.05) is 0 Å². The van der Waals surface area contributed by atoms with Crippen LogP contribution in [0.25, 0.3) is 0 Å². The third kappa shape index (κ3) is 41.0. The number of ether oxygens (including phenoxy) is 1. The van der Waals surface area contributed by atoms with Crippen molar-refractivity contribution < 1.29 is 37.9 Å². The third-order valence-corrected chi connectivity index (χ3v) is 9.76. The van der Waals surface area contributed by atoms with Crippen LogP contribution in [0.3, 0.4) is 0 Å². The molecule has 0 saturated carbocycles. The van der Waals surface area contributed by atoms with E-state index in [0.29, 0.717) is 12.8 Å². The van der Waals surface area contributed by atoms with E-state index in [1.54, 1.807) is 0 Å². The van der Waals surface area contributed by atoms with Crippen LogP contribution >= 0.6 is 7.82 Å². The molecular weight excluding hydrogens is 689 g/mol. The van der Waals surface area contributed by atoms with Crippen molar-refractivity contribution in [2.24, 2.45) is 0 Å². The molecule has 0 spiro atoms. The third-order valence-electron chi connectivity index (χ3n) is 8.77. The molecule has 0 saturated heterocycles. The molecule has 0 aromatic rings. The second-order valence-corrected chi connectivity index (χ2v) is 15.4. The molecule has 0 aliphatic carbocycles. The lowest BCUT2D eigenvalue weighted by atomic mass is 10.0. The fourth-order valence-corrected chi connectivity index (χ4v) is 6.36. The van der Waals surface area contributed by atoms with Crippen LogP contribution in [-0.2, 0) is 27.9 Å². The topological polar surface area (TPSA) is 131 Å². The summed E-state index contributed by atoms with van der Waals surface area (Å²) in [7, 11) is -4.42. The molecule has 0 aliphatic rings. The number of hydrogen-bond donors (Lipinski definition) is 3. The second-order valence-electron chi connectivity index (χ2n) is 13.9. The highest BCUT2D eigenvalue weighted by Gasteiger charge is 2.23. The molecule has 0 heterocycles. The number of allylic oxidation sites excluding steroid dienone is 8. The van der Waals surface area contributed by atoms with Crippen molar-refractivity contribution in [1.29, 1.82) is 0 Å². The molecule has 0 aliphatic heterocycles. The number of rotatable bonds is 39. The number of hydrogen-bond acceptors (Lipinski definition) is 7. The summed E-state index contributed by atoms with van der Waals surface area (Å²) in [5, 5.41) is 12.7. The number of aliphatic hydroxyl groups is 1. The van der Waals surface area contributed by atoms with Gasteiger partial charge in [0.1, 0.15) is 12.7 Å². The minimum atomic E-state index is -4.42. The first kappa shape index (κ1) is 51.0. The first-order valence-corrected chi connectivity index (χ1v) is 22.6. The maximum Gasteiger partial charge on any atom is 0.472 e. The van der Waals surface area contributed by atoms with Crippen molar-refractivity contribution in [2.45, 2.75) is 187 Å². The van der Waals surface area contributed by atoms with Gasteiger partial charge in [-0.15, -0.1) is 0 Å². The van der Waals surface area contributed by atoms with Crippen molar-refractivity contribution in [1.82, 2.24) is 5.32 Å². The maximum absolute atomic E-state index is 12.1. The van der Waals surface area contributed by atoms with Gasteiger partial charge in [0.2, 0.25) is 5.91 Å². The summed E-state index contributed by atoms with van der Waals surface area (Å²) >= 11 is 0. The van der Waals surface area contributed by atoms with Crippen LogP contribution < -0.4 is 5.32 Å². The molecule has 2 atom stereocenters. The molecule has 0 radical (unpaired) electrons. The minimum Gasteiger partial charge on any atom is -0.463 e. The first-order valence-electron chi connectivity index (χ1n) is 21.1. The summed E-state index contributed by atoms with van der Waals surface area (Å²) < 4.78 is 26.8. The Bertz CT molecular complexity index is 1010. The molecular formula is C43H78NO8P. The van der Waals surface area contributed by atoms with E-state index in [-0.39, 0.29) is 32.1 Å². The van der Waals surface area contributed by atoms with Gasteiger partial charge in [0.05, 0.1) is 13.2 Å². The average molecular weight is 768 g/mol. The normalized spacial score (nSPS) is 13.8. The predicted molar refractivity (Wildman–Crippen MR) is 220 cm³/mol. The summed E-state index contributed by atoms with van der Waals surface area (Å²) in [6.07, 6.45) is 44.7. The smallest absolute Gasteiger partial charge is 0.463 e. The maximum atomic E-state index is 12.1. The Morgan fingerprint density at radius 1 is 0.604 bits per heavy atom. The molecule has 0 rings (SSSR count). The molecule has 0 bridgehead atoms. The molecule has 0 aromatic heterocycles. The zero-order valence-electron chi connectivity index (χ0n) is 33.7. The molecule has 0 aromatic carbocycles. The van der Waals surface area contributed by atoms with Crippen LogP contribution in [0, 0.1) is 0 Å². The van der Waals surface area contributed by atoms with E-state index in [0.717, 1.165) is 57.8 Å². The van der Waals surface area contributed by atoms with Gasteiger partial charge in [-0.25, -0.2) is 4.57 Å². The standard InChI is InChI=1S/C43H78NO8P/c1-3-5-7-9-11-13-15-17-19-20-22-23-25-27-29-31-33-35-42(46)44-37-38-51-53(48,49)52-40-41(45)39-50-43(47)36-34-32-30-28-26-24-21-18-16-14-12-10-8-6-4-2/h6,8,12,14,18,21,26,28,41,45H,3-5,7,9-11,13,15-17,19-20,22-25,27,29-40H2,1-2H3,(H,44,46)(H,48,49)/b8-6-,14-12-,21-18-,28-26-. The van der Waals surface area contributed by atoms with Crippen LogP contribution in [-0.4, -0.2) is 54.3 Å². The van der Waals surface area contributed by atoms with Gasteiger partial charge in [0.25, 0.3) is 0 Å². The first-order chi connectivity index (χ1) is 25.8. The van der Waals surface area contributed by atoms with Crippen molar-refractivity contribution in [3.05, 3.63) is 48.6 Å². The number of nitrogens with one attached hydrogen (secondary N) is 1. The van der Waals surface area contributed by atoms with Crippen LogP contribution in [0.2, 0.25) is 0 Å². The zero-order chi connectivity index (χ0) is 38.9. The lowest BCUT2D eigenvalue weighted by Gasteiger charge is -2.15. The highest BCUT2D eigenvalue weighted by molar-refractivity contribution is 7.47. The largest absolute Gasteiger partial charge is 0.472 e. The van der Waals surface area contributed by atoms with Crippen LogP contribution in [0.15, 0.2) is 48.6 Å². The van der Waals surface area contributed by atoms with Gasteiger partial charge in [-0.05, 0) is 51.4 Å². The van der Waals surface area contributed by atoms with Gasteiger partial charge in [-0.2, -0.15) is 0 Å². The van der Waals surface area contributed by atoms with E-state index < -0.39 is 26.5 Å². The molecule has 2 unspecified atom stereocenters. The van der Waals surface area contributed by atoms with Gasteiger partial charge in [-0.3, -0.25) is 18.6 Å². The Kier molecular flexibility index (Phi) is 38.1. The zero-order valence-corrected chi connectivity index (χ0v) is 34.6.